The number of carbonyl (C=O) groups is 1. The molecule has 6 heteroatoms. The van der Waals surface area contributed by atoms with Crippen molar-refractivity contribution < 1.29 is 13.9 Å². The van der Waals surface area contributed by atoms with Crippen LogP contribution in [-0.4, -0.2) is 54.7 Å². The van der Waals surface area contributed by atoms with Gasteiger partial charge in [0.1, 0.15) is 0 Å². The van der Waals surface area contributed by atoms with E-state index in [4.69, 9.17) is 4.74 Å². The highest BCUT2D eigenvalue weighted by Crippen LogP contribution is 2.05. The number of pyridine rings is 1. The smallest absolute Gasteiger partial charge is 0.256 e. The van der Waals surface area contributed by atoms with Crippen molar-refractivity contribution in [1.82, 2.24) is 15.2 Å². The lowest BCUT2D eigenvalue weighted by Gasteiger charge is -2.32. The molecule has 0 radical (unpaired) electrons. The van der Waals surface area contributed by atoms with Gasteiger partial charge in [0.05, 0.1) is 18.3 Å². The fourth-order valence-electron chi connectivity index (χ4n) is 2.05. The van der Waals surface area contributed by atoms with Gasteiger partial charge in [-0.15, -0.1) is 0 Å². The van der Waals surface area contributed by atoms with E-state index >= 15 is 0 Å². The first kappa shape index (κ1) is 13.9. The highest BCUT2D eigenvalue weighted by Gasteiger charge is 2.20. The third-order valence-electron chi connectivity index (χ3n) is 3.16. The van der Waals surface area contributed by atoms with Crippen LogP contribution >= 0.6 is 0 Å². The number of nitrogens with one attached hydrogen (secondary N) is 1. The number of amides is 1. The van der Waals surface area contributed by atoms with E-state index < -0.39 is 11.9 Å². The summed E-state index contributed by atoms with van der Waals surface area (Å²) in [6.07, 6.45) is 1.27. The van der Waals surface area contributed by atoms with Gasteiger partial charge in [0.15, 0.2) is 0 Å². The second-order valence-electron chi connectivity index (χ2n) is 4.44. The maximum absolute atomic E-state index is 13.3. The number of hydrogen-bond donors (Lipinski definition) is 1. The Morgan fingerprint density at radius 2 is 2.53 bits per heavy atom. The first-order valence-corrected chi connectivity index (χ1v) is 6.43. The van der Waals surface area contributed by atoms with Crippen LogP contribution in [0.25, 0.3) is 0 Å². The molecule has 1 aliphatic rings. The Bertz CT molecular complexity index is 442. The van der Waals surface area contributed by atoms with E-state index in [1.807, 2.05) is 0 Å². The second-order valence-corrected chi connectivity index (χ2v) is 4.44. The van der Waals surface area contributed by atoms with Crippen LogP contribution in [0.2, 0.25) is 0 Å². The number of carbonyl (C=O) groups excluding carboxylic acids is 1. The van der Waals surface area contributed by atoms with Gasteiger partial charge < -0.3 is 10.1 Å². The molecule has 2 rings (SSSR count). The summed E-state index contributed by atoms with van der Waals surface area (Å²) >= 11 is 0. The Balaban J connectivity index is 1.85. The van der Waals surface area contributed by atoms with Gasteiger partial charge in [-0.3, -0.25) is 9.69 Å². The molecule has 0 aliphatic carbocycles. The number of nitrogens with zero attached hydrogens (tertiary/aromatic N) is 2. The maximum Gasteiger partial charge on any atom is 0.256 e. The Kier molecular flexibility index (Phi) is 4.81. The van der Waals surface area contributed by atoms with Gasteiger partial charge in [0, 0.05) is 25.8 Å². The fraction of sp³-hybridized carbons (Fsp3) is 0.538. The van der Waals surface area contributed by atoms with Crippen molar-refractivity contribution in [3.8, 4) is 0 Å². The molecule has 5 nitrogen and oxygen atoms in total. The molecule has 19 heavy (non-hydrogen) atoms. The molecule has 1 aromatic heterocycles. The molecule has 0 bridgehead atoms. The van der Waals surface area contributed by atoms with Crippen LogP contribution < -0.4 is 5.32 Å². The molecule has 0 aromatic carbocycles. The average Bonchev–Trinajstić information content (AvgIpc) is 2.45. The van der Waals surface area contributed by atoms with Crippen LogP contribution in [0.15, 0.2) is 18.3 Å². The first-order valence-electron chi connectivity index (χ1n) is 6.43. The summed E-state index contributed by atoms with van der Waals surface area (Å²) in [6.45, 7) is 5.79. The van der Waals surface area contributed by atoms with Crippen LogP contribution in [0, 0.1) is 5.95 Å². The lowest BCUT2D eigenvalue weighted by molar-refractivity contribution is -0.0246. The maximum atomic E-state index is 13.3. The number of ether oxygens (including phenoxy) is 1. The number of aromatic nitrogens is 1. The van der Waals surface area contributed by atoms with E-state index in [9.17, 15) is 9.18 Å². The SMILES string of the molecule is CCN1CCOC(CNC(=O)c2cccnc2F)C1. The van der Waals surface area contributed by atoms with Crippen molar-refractivity contribution in [2.75, 3.05) is 32.8 Å². The van der Waals surface area contributed by atoms with Crippen LogP contribution in [-0.2, 0) is 4.74 Å². The van der Waals surface area contributed by atoms with Crippen LogP contribution in [0.5, 0.6) is 0 Å². The molecule has 1 saturated heterocycles. The molecular formula is C13H18FN3O2. The van der Waals surface area contributed by atoms with Crippen molar-refractivity contribution in [3.63, 3.8) is 0 Å². The van der Waals surface area contributed by atoms with Gasteiger partial charge in [-0.1, -0.05) is 6.92 Å². The summed E-state index contributed by atoms with van der Waals surface area (Å²) in [6, 6.07) is 2.95. The van der Waals surface area contributed by atoms with E-state index in [2.05, 4.69) is 22.1 Å². The minimum atomic E-state index is -0.750. The number of halogens is 1. The molecule has 1 amide bonds. The third kappa shape index (κ3) is 3.71. The molecule has 1 N–H and O–H groups in total. The third-order valence-corrected chi connectivity index (χ3v) is 3.16. The van der Waals surface area contributed by atoms with Crippen molar-refractivity contribution in [2.45, 2.75) is 13.0 Å². The molecule has 1 aliphatic heterocycles. The molecule has 1 atom stereocenters. The highest BCUT2D eigenvalue weighted by atomic mass is 19.1. The standard InChI is InChI=1S/C13H18FN3O2/c1-2-17-6-7-19-10(9-17)8-16-13(18)11-4-3-5-15-12(11)14/h3-5,10H,2,6-9H2,1H3,(H,16,18). The Hall–Kier alpha value is -1.53. The van der Waals surface area contributed by atoms with Crippen molar-refractivity contribution in [1.29, 1.82) is 0 Å². The van der Waals surface area contributed by atoms with Gasteiger partial charge in [0.25, 0.3) is 5.91 Å². The zero-order valence-corrected chi connectivity index (χ0v) is 10.9. The molecule has 0 saturated carbocycles. The van der Waals surface area contributed by atoms with Crippen molar-refractivity contribution in [2.24, 2.45) is 0 Å². The van der Waals surface area contributed by atoms with Gasteiger partial charge in [-0.25, -0.2) is 4.98 Å². The Labute approximate surface area is 111 Å². The number of rotatable bonds is 4. The summed E-state index contributed by atoms with van der Waals surface area (Å²) in [5.41, 5.74) is -0.0364. The molecule has 1 aromatic rings. The average molecular weight is 267 g/mol. The van der Waals surface area contributed by atoms with Crippen LogP contribution in [0.4, 0.5) is 4.39 Å². The molecule has 104 valence electrons. The quantitative estimate of drug-likeness (QED) is 0.815. The number of hydrogen-bond acceptors (Lipinski definition) is 4. The van der Waals surface area contributed by atoms with E-state index in [0.717, 1.165) is 19.6 Å². The predicted octanol–water partition coefficient (Wildman–Crippen LogP) is 0.671. The Morgan fingerprint density at radius 1 is 1.68 bits per heavy atom. The predicted molar refractivity (Wildman–Crippen MR) is 68.4 cm³/mol. The van der Waals surface area contributed by atoms with Crippen molar-refractivity contribution in [3.05, 3.63) is 29.8 Å². The monoisotopic (exact) mass is 267 g/mol. The minimum absolute atomic E-state index is 0.0364. The largest absolute Gasteiger partial charge is 0.374 e. The van der Waals surface area contributed by atoms with Gasteiger partial charge in [0.2, 0.25) is 5.95 Å². The molecule has 1 fully saturated rings. The van der Waals surface area contributed by atoms with E-state index in [0.29, 0.717) is 13.2 Å². The van der Waals surface area contributed by atoms with Gasteiger partial charge in [-0.2, -0.15) is 4.39 Å². The molecule has 0 spiro atoms. The van der Waals surface area contributed by atoms with Crippen molar-refractivity contribution >= 4 is 5.91 Å². The van der Waals surface area contributed by atoms with E-state index in [1.54, 1.807) is 0 Å². The molecular weight excluding hydrogens is 249 g/mol. The summed E-state index contributed by atoms with van der Waals surface area (Å²) in [5, 5.41) is 2.68. The van der Waals surface area contributed by atoms with Crippen LogP contribution in [0.3, 0.4) is 0 Å². The normalized spacial score (nSPS) is 20.2. The lowest BCUT2D eigenvalue weighted by atomic mass is 10.2. The topological polar surface area (TPSA) is 54.5 Å². The van der Waals surface area contributed by atoms with Gasteiger partial charge in [-0.05, 0) is 18.7 Å². The Morgan fingerprint density at radius 3 is 3.26 bits per heavy atom. The second kappa shape index (κ2) is 6.58. The van der Waals surface area contributed by atoms with Crippen LogP contribution in [0.1, 0.15) is 17.3 Å². The lowest BCUT2D eigenvalue weighted by Crippen LogP contribution is -2.47. The summed E-state index contributed by atoms with van der Waals surface area (Å²) in [4.78, 5) is 17.5. The highest BCUT2D eigenvalue weighted by molar-refractivity contribution is 5.94. The number of likely N-dealkylation sites (N-methyl/N-ethyl adjacent to an activating group) is 1. The summed E-state index contributed by atoms with van der Waals surface area (Å²) in [7, 11) is 0. The van der Waals surface area contributed by atoms with E-state index in [1.165, 1.54) is 18.3 Å². The molecule has 2 heterocycles. The molecule has 1 unspecified atom stereocenters. The van der Waals surface area contributed by atoms with E-state index in [-0.39, 0.29) is 11.7 Å². The summed E-state index contributed by atoms with van der Waals surface area (Å²) in [5.74, 6) is -1.21. The van der Waals surface area contributed by atoms with Gasteiger partial charge >= 0.3 is 0 Å². The zero-order chi connectivity index (χ0) is 13.7. The minimum Gasteiger partial charge on any atom is -0.374 e. The zero-order valence-electron chi connectivity index (χ0n) is 10.9. The number of morpholine rings is 1. The first-order chi connectivity index (χ1) is 9.20. The summed E-state index contributed by atoms with van der Waals surface area (Å²) < 4.78 is 18.9. The fourth-order valence-corrected chi connectivity index (χ4v) is 2.05.